The average Bonchev–Trinajstić information content (AvgIpc) is 2.23. The number of rotatable bonds is 11. The maximum Gasteiger partial charge on any atom is 0.178 e. The standard InChI is InChI=1S/C10H25N3O4/c1-2-3-4-5-6-9-12(14)11-8-7-10-13(15,16)17/h11,15-17H,2-10H2,1H3. The second-order valence-corrected chi connectivity index (χ2v) is 4.19. The molecule has 7 heteroatoms. The highest BCUT2D eigenvalue weighted by Gasteiger charge is 2.16. The quantitative estimate of drug-likeness (QED) is 0.253. The number of nitrogens with zero attached hydrogens (tertiary/aromatic N) is 2. The molecular formula is C10H25N3O4. The summed E-state index contributed by atoms with van der Waals surface area (Å²) in [5.41, 5.74) is 2.58. The summed E-state index contributed by atoms with van der Waals surface area (Å²) < 4.78 is 0. The Labute approximate surface area is 102 Å². The second-order valence-electron chi connectivity index (χ2n) is 4.19. The fourth-order valence-corrected chi connectivity index (χ4v) is 1.43. The third-order valence-corrected chi connectivity index (χ3v) is 2.39. The van der Waals surface area contributed by atoms with Gasteiger partial charge in [0.2, 0.25) is 0 Å². The summed E-state index contributed by atoms with van der Waals surface area (Å²) in [6.07, 6.45) is 5.75. The summed E-state index contributed by atoms with van der Waals surface area (Å²) >= 11 is 0. The van der Waals surface area contributed by atoms with Gasteiger partial charge in [-0.2, -0.15) is 0 Å². The number of unbranched alkanes of at least 4 members (excludes halogenated alkanes) is 4. The van der Waals surface area contributed by atoms with Crippen molar-refractivity contribution in [3.63, 3.8) is 0 Å². The third kappa shape index (κ3) is 13.7. The molecule has 0 bridgehead atoms. The van der Waals surface area contributed by atoms with Gasteiger partial charge in [-0.25, -0.2) is 0 Å². The lowest BCUT2D eigenvalue weighted by atomic mass is 10.2. The predicted octanol–water partition coefficient (Wildman–Crippen LogP) is 1.64. The number of hydrogen-bond donors (Lipinski definition) is 4. The zero-order valence-electron chi connectivity index (χ0n) is 10.5. The lowest BCUT2D eigenvalue weighted by Crippen LogP contribution is -2.41. The van der Waals surface area contributed by atoms with Gasteiger partial charge in [-0.1, -0.05) is 32.6 Å². The molecule has 0 rings (SSSR count). The monoisotopic (exact) mass is 251 g/mol. The zero-order valence-corrected chi connectivity index (χ0v) is 10.5. The second kappa shape index (κ2) is 9.72. The number of nitrogens with one attached hydrogen (secondary N) is 1. The number of hydrogen-bond acceptors (Lipinski definition) is 6. The van der Waals surface area contributed by atoms with Crippen molar-refractivity contribution in [2.75, 3.05) is 19.6 Å². The molecule has 0 amide bonds. The molecule has 0 aliphatic rings. The van der Waals surface area contributed by atoms with Crippen molar-refractivity contribution in [1.82, 2.24) is 10.6 Å². The van der Waals surface area contributed by atoms with Crippen molar-refractivity contribution in [2.24, 2.45) is 0 Å². The largest absolute Gasteiger partial charge is 0.772 e. The van der Waals surface area contributed by atoms with E-state index in [0.29, 0.717) is 13.1 Å². The normalized spacial score (nSPS) is 12.4. The molecule has 0 heterocycles. The Bertz CT molecular complexity index is 175. The van der Waals surface area contributed by atoms with E-state index in [1.165, 1.54) is 12.8 Å². The van der Waals surface area contributed by atoms with Crippen LogP contribution < -0.4 is 5.43 Å². The van der Waals surface area contributed by atoms with Crippen LogP contribution in [0.25, 0.3) is 0 Å². The molecule has 0 saturated carbocycles. The van der Waals surface area contributed by atoms with Crippen LogP contribution in [0.5, 0.6) is 0 Å². The van der Waals surface area contributed by atoms with E-state index in [-0.39, 0.29) is 13.0 Å². The topological polar surface area (TPSA) is 99.0 Å². The zero-order chi connectivity index (χ0) is 13.1. The summed E-state index contributed by atoms with van der Waals surface area (Å²) in [5.74, 6) is 0. The molecule has 0 aliphatic carbocycles. The first-order chi connectivity index (χ1) is 7.95. The van der Waals surface area contributed by atoms with Crippen LogP contribution >= 0.6 is 0 Å². The van der Waals surface area contributed by atoms with Crippen LogP contribution in [0.2, 0.25) is 0 Å². The Morgan fingerprint density at radius 1 is 1.06 bits per heavy atom. The van der Waals surface area contributed by atoms with Crippen molar-refractivity contribution in [3.8, 4) is 0 Å². The van der Waals surface area contributed by atoms with E-state index in [2.05, 4.69) is 12.3 Å². The molecule has 0 aromatic carbocycles. The molecule has 0 aliphatic heterocycles. The maximum atomic E-state index is 11.2. The van der Waals surface area contributed by atoms with Gasteiger partial charge in [-0.15, -0.1) is 15.6 Å². The van der Waals surface area contributed by atoms with Gasteiger partial charge < -0.3 is 10.4 Å². The van der Waals surface area contributed by atoms with E-state index in [0.717, 1.165) is 24.4 Å². The lowest BCUT2D eigenvalue weighted by Gasteiger charge is -2.28. The van der Waals surface area contributed by atoms with Gasteiger partial charge in [0.25, 0.3) is 0 Å². The van der Waals surface area contributed by atoms with Crippen LogP contribution in [0.3, 0.4) is 0 Å². The molecule has 0 atom stereocenters. The molecule has 0 aromatic heterocycles. The van der Waals surface area contributed by atoms with Gasteiger partial charge in [0.15, 0.2) is 6.54 Å². The van der Waals surface area contributed by atoms with Crippen LogP contribution in [0.15, 0.2) is 0 Å². The van der Waals surface area contributed by atoms with E-state index in [9.17, 15) is 5.21 Å². The fourth-order valence-electron chi connectivity index (χ4n) is 1.43. The highest BCUT2D eigenvalue weighted by atomic mass is 17.1. The molecule has 17 heavy (non-hydrogen) atoms. The van der Waals surface area contributed by atoms with Gasteiger partial charge in [-0.3, -0.25) is 5.43 Å². The van der Waals surface area contributed by atoms with Crippen molar-refractivity contribution < 1.29 is 20.6 Å². The molecule has 0 fully saturated rings. The van der Waals surface area contributed by atoms with E-state index in [1.54, 1.807) is 0 Å². The van der Waals surface area contributed by atoms with E-state index in [1.807, 2.05) is 0 Å². The minimum atomic E-state index is -2.04. The number of quaternary nitrogens is 1. The predicted molar refractivity (Wildman–Crippen MR) is 61.9 cm³/mol. The number of hydrazine groups is 1. The summed E-state index contributed by atoms with van der Waals surface area (Å²) in [6.45, 7) is 2.64. The van der Waals surface area contributed by atoms with E-state index in [4.69, 9.17) is 15.6 Å². The minimum absolute atomic E-state index is 0.239. The van der Waals surface area contributed by atoms with Crippen LogP contribution in [0.4, 0.5) is 0 Å². The Morgan fingerprint density at radius 2 is 1.71 bits per heavy atom. The van der Waals surface area contributed by atoms with Gasteiger partial charge >= 0.3 is 0 Å². The Hall–Kier alpha value is -0.280. The van der Waals surface area contributed by atoms with E-state index < -0.39 is 4.97 Å². The molecule has 0 aromatic rings. The summed E-state index contributed by atoms with van der Waals surface area (Å²) in [4.78, 5) is -2.04. The Morgan fingerprint density at radius 3 is 2.29 bits per heavy atom. The lowest BCUT2D eigenvalue weighted by molar-refractivity contribution is -1.37. The first-order valence-corrected chi connectivity index (χ1v) is 6.20. The van der Waals surface area contributed by atoms with Crippen LogP contribution in [-0.2, 0) is 0 Å². The highest BCUT2D eigenvalue weighted by molar-refractivity contribution is 4.53. The first kappa shape index (κ1) is 16.7. The third-order valence-electron chi connectivity index (χ3n) is 2.39. The first-order valence-electron chi connectivity index (χ1n) is 6.20. The minimum Gasteiger partial charge on any atom is -0.772 e. The average molecular weight is 251 g/mol. The van der Waals surface area contributed by atoms with Crippen molar-refractivity contribution in [2.45, 2.75) is 45.4 Å². The van der Waals surface area contributed by atoms with Crippen LogP contribution in [0, 0.1) is 5.21 Å². The number of hydroxylamine groups is 4. The van der Waals surface area contributed by atoms with Gasteiger partial charge in [-0.05, 0) is 13.0 Å². The molecule has 7 nitrogen and oxygen atoms in total. The SMILES string of the molecule is CCCCCCCN([O-])NCCC[N+](O)(O)O. The van der Waals surface area contributed by atoms with Crippen molar-refractivity contribution in [3.05, 3.63) is 5.21 Å². The smallest absolute Gasteiger partial charge is 0.178 e. The summed E-state index contributed by atoms with van der Waals surface area (Å²) in [7, 11) is 0. The van der Waals surface area contributed by atoms with Crippen LogP contribution in [-0.4, -0.2) is 45.4 Å². The molecular weight excluding hydrogens is 226 g/mol. The van der Waals surface area contributed by atoms with Gasteiger partial charge in [0, 0.05) is 13.0 Å². The molecule has 104 valence electrons. The Kier molecular flexibility index (Phi) is 9.56. The van der Waals surface area contributed by atoms with Gasteiger partial charge in [0.1, 0.15) is 0 Å². The molecule has 0 saturated heterocycles. The Balaban J connectivity index is 3.26. The summed E-state index contributed by atoms with van der Waals surface area (Å²) in [5, 5.41) is 37.6. The molecule has 4 N–H and O–H groups in total. The van der Waals surface area contributed by atoms with Crippen molar-refractivity contribution in [1.29, 1.82) is 0 Å². The molecule has 0 radical (unpaired) electrons. The van der Waals surface area contributed by atoms with Crippen LogP contribution in [0.1, 0.15) is 45.4 Å². The summed E-state index contributed by atoms with van der Waals surface area (Å²) in [6, 6.07) is 0. The van der Waals surface area contributed by atoms with Gasteiger partial charge in [0.05, 0.1) is 4.97 Å². The molecule has 0 unspecified atom stereocenters. The fraction of sp³-hybridized carbons (Fsp3) is 1.00. The molecule has 0 spiro atoms. The highest BCUT2D eigenvalue weighted by Crippen LogP contribution is 2.02. The van der Waals surface area contributed by atoms with E-state index >= 15 is 0 Å². The van der Waals surface area contributed by atoms with Crippen molar-refractivity contribution >= 4 is 0 Å². The maximum absolute atomic E-state index is 11.2.